The minimum absolute atomic E-state index is 0.135. The van der Waals surface area contributed by atoms with Crippen LogP contribution in [0.3, 0.4) is 0 Å². The molecule has 18 heavy (non-hydrogen) atoms. The first-order chi connectivity index (χ1) is 8.69. The van der Waals surface area contributed by atoms with Gasteiger partial charge in [0.05, 0.1) is 0 Å². The average Bonchev–Trinajstić information content (AvgIpc) is 2.54. The van der Waals surface area contributed by atoms with Crippen LogP contribution in [0.25, 0.3) is 0 Å². The van der Waals surface area contributed by atoms with Gasteiger partial charge in [0.1, 0.15) is 0 Å². The summed E-state index contributed by atoms with van der Waals surface area (Å²) in [5.41, 5.74) is 1.23. The number of fused-ring (bicyclic) bond motifs is 4. The second-order valence-corrected chi connectivity index (χ2v) is 5.31. The number of hydrogen-bond donors (Lipinski definition) is 1. The molecule has 2 aliphatic carbocycles. The van der Waals surface area contributed by atoms with Gasteiger partial charge in [-0.05, 0) is 24.0 Å². The van der Waals surface area contributed by atoms with Crippen molar-refractivity contribution in [2.45, 2.75) is 43.0 Å². The molecule has 0 aromatic heterocycles. The van der Waals surface area contributed by atoms with Crippen molar-refractivity contribution in [2.24, 2.45) is 0 Å². The van der Waals surface area contributed by atoms with E-state index in [2.05, 4.69) is 6.07 Å². The van der Waals surface area contributed by atoms with Crippen LogP contribution in [0.15, 0.2) is 24.3 Å². The van der Waals surface area contributed by atoms with Crippen LogP contribution in [0.5, 0.6) is 0 Å². The highest BCUT2D eigenvalue weighted by Crippen LogP contribution is 2.61. The van der Waals surface area contributed by atoms with Crippen LogP contribution in [0.4, 0.5) is 0 Å². The van der Waals surface area contributed by atoms with E-state index in [9.17, 15) is 5.11 Å². The molecule has 2 aliphatic rings. The van der Waals surface area contributed by atoms with Gasteiger partial charge < -0.3 is 14.6 Å². The van der Waals surface area contributed by atoms with E-state index in [0.717, 1.165) is 31.2 Å². The molecule has 3 nitrogen and oxygen atoms in total. The van der Waals surface area contributed by atoms with E-state index in [1.165, 1.54) is 5.56 Å². The van der Waals surface area contributed by atoms with Gasteiger partial charge in [0.25, 0.3) is 0 Å². The van der Waals surface area contributed by atoms with Crippen LogP contribution >= 0.6 is 0 Å². The second-order valence-electron chi connectivity index (χ2n) is 5.31. The highest BCUT2D eigenvalue weighted by molar-refractivity contribution is 5.50. The summed E-state index contributed by atoms with van der Waals surface area (Å²) in [7, 11) is 3.26. The Hall–Kier alpha value is -0.900. The molecule has 0 bridgehead atoms. The fourth-order valence-electron chi connectivity index (χ4n) is 3.81. The topological polar surface area (TPSA) is 38.7 Å². The van der Waals surface area contributed by atoms with E-state index in [0.29, 0.717) is 0 Å². The average molecular weight is 248 g/mol. The molecule has 0 spiro atoms. The Bertz CT molecular complexity index is 453. The van der Waals surface area contributed by atoms with Gasteiger partial charge in [-0.2, -0.15) is 0 Å². The SMILES string of the molecule is COC1(OC)CCCCC2c3ccccc3C21O. The van der Waals surface area contributed by atoms with E-state index in [1.54, 1.807) is 14.2 Å². The van der Waals surface area contributed by atoms with Crippen molar-refractivity contribution in [3.63, 3.8) is 0 Å². The maximum atomic E-state index is 11.2. The van der Waals surface area contributed by atoms with Crippen molar-refractivity contribution in [2.75, 3.05) is 14.2 Å². The molecular formula is C15H20O3. The van der Waals surface area contributed by atoms with Crippen LogP contribution in [0.2, 0.25) is 0 Å². The fraction of sp³-hybridized carbons (Fsp3) is 0.600. The molecule has 1 aromatic rings. The third-order valence-corrected chi connectivity index (χ3v) is 4.74. The van der Waals surface area contributed by atoms with Gasteiger partial charge in [-0.3, -0.25) is 0 Å². The predicted molar refractivity (Wildman–Crippen MR) is 68.3 cm³/mol. The molecule has 2 atom stereocenters. The molecule has 2 unspecified atom stereocenters. The zero-order chi connectivity index (χ0) is 12.8. The first kappa shape index (κ1) is 12.2. The normalized spacial score (nSPS) is 32.9. The molecule has 1 aromatic carbocycles. The zero-order valence-corrected chi connectivity index (χ0v) is 11.0. The Morgan fingerprint density at radius 2 is 1.89 bits per heavy atom. The summed E-state index contributed by atoms with van der Waals surface area (Å²) < 4.78 is 11.3. The maximum Gasteiger partial charge on any atom is 0.201 e. The van der Waals surface area contributed by atoms with Gasteiger partial charge in [0.15, 0.2) is 5.60 Å². The number of methoxy groups -OCH3 is 2. The summed E-state index contributed by atoms with van der Waals surface area (Å²) in [4.78, 5) is 0. The monoisotopic (exact) mass is 248 g/mol. The molecule has 0 radical (unpaired) electrons. The zero-order valence-electron chi connectivity index (χ0n) is 11.0. The number of ether oxygens (including phenoxy) is 2. The Balaban J connectivity index is 2.15. The van der Waals surface area contributed by atoms with Crippen LogP contribution in [0, 0.1) is 0 Å². The Morgan fingerprint density at radius 1 is 1.17 bits per heavy atom. The smallest absolute Gasteiger partial charge is 0.201 e. The van der Waals surface area contributed by atoms with Gasteiger partial charge >= 0.3 is 0 Å². The third kappa shape index (κ3) is 1.25. The number of benzene rings is 1. The lowest BCUT2D eigenvalue weighted by Gasteiger charge is -2.55. The van der Waals surface area contributed by atoms with Gasteiger partial charge in [-0.15, -0.1) is 0 Å². The Labute approximate surface area is 108 Å². The number of rotatable bonds is 2. The Kier molecular flexibility index (Phi) is 2.73. The molecule has 1 saturated carbocycles. The lowest BCUT2D eigenvalue weighted by Crippen LogP contribution is -2.61. The van der Waals surface area contributed by atoms with Gasteiger partial charge in [-0.25, -0.2) is 0 Å². The summed E-state index contributed by atoms with van der Waals surface area (Å²) >= 11 is 0. The molecule has 0 heterocycles. The molecule has 0 saturated heterocycles. The first-order valence-electron chi connectivity index (χ1n) is 6.61. The molecule has 0 aliphatic heterocycles. The second kappa shape index (κ2) is 4.05. The first-order valence-corrected chi connectivity index (χ1v) is 6.61. The minimum atomic E-state index is -0.996. The maximum absolute atomic E-state index is 11.2. The summed E-state index contributed by atoms with van der Waals surface area (Å²) in [5.74, 6) is -0.765. The molecule has 1 fully saturated rings. The van der Waals surface area contributed by atoms with E-state index in [-0.39, 0.29) is 5.92 Å². The number of hydrogen-bond acceptors (Lipinski definition) is 3. The van der Waals surface area contributed by atoms with Crippen molar-refractivity contribution < 1.29 is 14.6 Å². The molecule has 98 valence electrons. The summed E-state index contributed by atoms with van der Waals surface area (Å²) in [6.07, 6.45) is 3.87. The van der Waals surface area contributed by atoms with Crippen molar-refractivity contribution in [1.29, 1.82) is 0 Å². The lowest BCUT2D eigenvalue weighted by atomic mass is 9.59. The van der Waals surface area contributed by atoms with E-state index >= 15 is 0 Å². The third-order valence-electron chi connectivity index (χ3n) is 4.74. The highest BCUT2D eigenvalue weighted by Gasteiger charge is 2.64. The molecule has 0 amide bonds. The number of aliphatic hydroxyl groups is 1. The quantitative estimate of drug-likeness (QED) is 0.817. The molecule has 1 N–H and O–H groups in total. The standard InChI is InChI=1S/C15H20O3/c1-17-14(18-2)10-6-5-9-13-11-7-3-4-8-12(11)15(13,14)16/h3-4,7-8,13,16H,5-6,9-10H2,1-2H3. The highest BCUT2D eigenvalue weighted by atomic mass is 16.7. The van der Waals surface area contributed by atoms with Crippen molar-refractivity contribution in [1.82, 2.24) is 0 Å². The van der Waals surface area contributed by atoms with Crippen molar-refractivity contribution >= 4 is 0 Å². The lowest BCUT2D eigenvalue weighted by molar-refractivity contribution is -0.323. The van der Waals surface area contributed by atoms with Crippen LogP contribution < -0.4 is 0 Å². The predicted octanol–water partition coefficient (Wildman–Crippen LogP) is 2.53. The van der Waals surface area contributed by atoms with Gasteiger partial charge in [0.2, 0.25) is 5.79 Å². The van der Waals surface area contributed by atoms with Crippen molar-refractivity contribution in [3.8, 4) is 0 Å². The van der Waals surface area contributed by atoms with E-state index in [4.69, 9.17) is 9.47 Å². The van der Waals surface area contributed by atoms with Gasteiger partial charge in [0, 0.05) is 26.6 Å². The summed E-state index contributed by atoms with van der Waals surface area (Å²) in [6, 6.07) is 8.10. The van der Waals surface area contributed by atoms with Crippen LogP contribution in [-0.2, 0) is 15.1 Å². The van der Waals surface area contributed by atoms with E-state index in [1.807, 2.05) is 18.2 Å². The minimum Gasteiger partial charge on any atom is -0.379 e. The molecular weight excluding hydrogens is 228 g/mol. The van der Waals surface area contributed by atoms with Crippen LogP contribution in [-0.4, -0.2) is 25.1 Å². The van der Waals surface area contributed by atoms with Crippen molar-refractivity contribution in [3.05, 3.63) is 35.4 Å². The van der Waals surface area contributed by atoms with Gasteiger partial charge in [-0.1, -0.05) is 30.7 Å². The largest absolute Gasteiger partial charge is 0.379 e. The van der Waals surface area contributed by atoms with E-state index < -0.39 is 11.4 Å². The summed E-state index contributed by atoms with van der Waals surface area (Å²) in [5, 5.41) is 11.2. The fourth-order valence-corrected chi connectivity index (χ4v) is 3.81. The van der Waals surface area contributed by atoms with Crippen LogP contribution in [0.1, 0.15) is 42.7 Å². The summed E-state index contributed by atoms with van der Waals surface area (Å²) in [6.45, 7) is 0. The molecule has 3 rings (SSSR count). The molecule has 3 heteroatoms. The Morgan fingerprint density at radius 3 is 2.61 bits per heavy atom.